The van der Waals surface area contributed by atoms with Gasteiger partial charge in [-0.2, -0.15) is 4.57 Å². The first kappa shape index (κ1) is 19.1. The Morgan fingerprint density at radius 3 is 2.52 bits per heavy atom. The number of fused-ring (bicyclic) bond motifs is 1. The molecule has 0 radical (unpaired) electrons. The molecule has 1 heterocycles. The molecule has 0 amide bonds. The van der Waals surface area contributed by atoms with Crippen molar-refractivity contribution in [3.8, 4) is 11.1 Å². The Kier molecular flexibility index (Phi) is 5.92. The molecule has 0 bridgehead atoms. The van der Waals surface area contributed by atoms with Gasteiger partial charge in [0.05, 0.1) is 0 Å². The lowest BCUT2D eigenvalue weighted by molar-refractivity contribution is -0.728. The maximum absolute atomic E-state index is 10.3. The fraction of sp³-hybridized carbons (Fsp3) is 0.292. The van der Waals surface area contributed by atoms with Crippen LogP contribution in [0.25, 0.3) is 21.9 Å². The molecule has 3 heteroatoms. The van der Waals surface area contributed by atoms with E-state index in [9.17, 15) is 5.11 Å². The summed E-state index contributed by atoms with van der Waals surface area (Å²) in [5.41, 5.74) is 3.54. The van der Waals surface area contributed by atoms with Crippen molar-refractivity contribution in [2.75, 3.05) is 13.7 Å². The quantitative estimate of drug-likeness (QED) is 0.452. The Morgan fingerprint density at radius 2 is 1.85 bits per heavy atom. The summed E-state index contributed by atoms with van der Waals surface area (Å²) in [5, 5.41) is 12.6. The number of aliphatic hydroxyl groups excluding tert-OH is 1. The van der Waals surface area contributed by atoms with Crippen molar-refractivity contribution in [3.63, 3.8) is 0 Å². The molecule has 3 rings (SSSR count). The fourth-order valence-electron chi connectivity index (χ4n) is 3.78. The van der Waals surface area contributed by atoms with E-state index in [1.807, 2.05) is 6.07 Å². The highest BCUT2D eigenvalue weighted by atomic mass is 16.5. The highest BCUT2D eigenvalue weighted by Crippen LogP contribution is 2.27. The average Bonchev–Trinajstić information content (AvgIpc) is 2.68. The third-order valence-corrected chi connectivity index (χ3v) is 5.31. The van der Waals surface area contributed by atoms with Gasteiger partial charge < -0.3 is 9.84 Å². The van der Waals surface area contributed by atoms with E-state index in [0.29, 0.717) is 6.61 Å². The summed E-state index contributed by atoms with van der Waals surface area (Å²) >= 11 is 0. The van der Waals surface area contributed by atoms with Crippen molar-refractivity contribution in [1.29, 1.82) is 0 Å². The van der Waals surface area contributed by atoms with Gasteiger partial charge in [-0.25, -0.2) is 0 Å². The van der Waals surface area contributed by atoms with Crippen LogP contribution in [0.15, 0.2) is 73.1 Å². The molecule has 0 fully saturated rings. The van der Waals surface area contributed by atoms with Crippen molar-refractivity contribution in [2.45, 2.75) is 26.3 Å². The van der Waals surface area contributed by atoms with Gasteiger partial charge in [0, 0.05) is 38.0 Å². The zero-order valence-electron chi connectivity index (χ0n) is 16.4. The van der Waals surface area contributed by atoms with Crippen molar-refractivity contribution < 1.29 is 14.4 Å². The summed E-state index contributed by atoms with van der Waals surface area (Å²) in [7, 11) is 1.70. The standard InChI is InChI=1S/C24H27NO2/c1-17(13-15-27-4)24(19(3)26)25-14-12-22-16-21(10-11-23(22)18(25)2)20-8-6-5-7-9-20/h5-12,14,16-17,24H,3,13,15H2,1-2,4H3/p+1. The van der Waals surface area contributed by atoms with E-state index in [1.54, 1.807) is 7.11 Å². The van der Waals surface area contributed by atoms with Gasteiger partial charge in [-0.05, 0) is 35.1 Å². The molecule has 1 aromatic heterocycles. The van der Waals surface area contributed by atoms with E-state index >= 15 is 0 Å². The van der Waals surface area contributed by atoms with Crippen molar-refractivity contribution in [2.24, 2.45) is 5.92 Å². The summed E-state index contributed by atoms with van der Waals surface area (Å²) in [6, 6.07) is 18.9. The van der Waals surface area contributed by atoms with Crippen molar-refractivity contribution in [1.82, 2.24) is 0 Å². The zero-order valence-corrected chi connectivity index (χ0v) is 16.4. The van der Waals surface area contributed by atoms with Crippen molar-refractivity contribution in [3.05, 3.63) is 78.8 Å². The third kappa shape index (κ3) is 4.04. The van der Waals surface area contributed by atoms with Crippen LogP contribution in [0.1, 0.15) is 25.1 Å². The smallest absolute Gasteiger partial charge is 0.216 e. The number of hydrogen-bond acceptors (Lipinski definition) is 2. The highest BCUT2D eigenvalue weighted by molar-refractivity contribution is 5.88. The molecule has 0 spiro atoms. The molecule has 0 aliphatic carbocycles. The molecular weight excluding hydrogens is 334 g/mol. The number of aromatic nitrogens is 1. The van der Waals surface area contributed by atoms with Crippen LogP contribution >= 0.6 is 0 Å². The Bertz CT molecular complexity index is 934. The largest absolute Gasteiger partial charge is 0.506 e. The second-order valence-electron chi connectivity index (χ2n) is 7.17. The monoisotopic (exact) mass is 362 g/mol. The number of pyridine rings is 1. The van der Waals surface area contributed by atoms with Gasteiger partial charge in [0.1, 0.15) is 0 Å². The summed E-state index contributed by atoms with van der Waals surface area (Å²) in [6.07, 6.45) is 2.92. The molecule has 2 unspecified atom stereocenters. The Balaban J connectivity index is 2.02. The second kappa shape index (κ2) is 8.36. The Hall–Kier alpha value is -2.65. The van der Waals surface area contributed by atoms with Gasteiger partial charge in [-0.15, -0.1) is 0 Å². The van der Waals surface area contributed by atoms with E-state index in [4.69, 9.17) is 4.74 Å². The third-order valence-electron chi connectivity index (χ3n) is 5.31. The molecule has 27 heavy (non-hydrogen) atoms. The van der Waals surface area contributed by atoms with Crippen molar-refractivity contribution >= 4 is 10.8 Å². The SMILES string of the molecule is C=C(O)C(C(C)CCOC)[n+]1ccc2cc(-c3ccccc3)ccc2c1C. The number of nitrogens with zero attached hydrogens (tertiary/aromatic N) is 1. The molecule has 0 saturated heterocycles. The number of ether oxygens (including phenoxy) is 1. The van der Waals surface area contributed by atoms with Crippen LogP contribution in [-0.4, -0.2) is 18.8 Å². The molecule has 2 aromatic carbocycles. The molecule has 3 aromatic rings. The Morgan fingerprint density at radius 1 is 1.11 bits per heavy atom. The summed E-state index contributed by atoms with van der Waals surface area (Å²) < 4.78 is 7.35. The molecule has 2 atom stereocenters. The first-order chi connectivity index (χ1) is 13.0. The highest BCUT2D eigenvalue weighted by Gasteiger charge is 2.31. The van der Waals surface area contributed by atoms with Crippen LogP contribution in [0.5, 0.6) is 0 Å². The number of hydrogen-bond donors (Lipinski definition) is 1. The molecule has 0 aliphatic rings. The maximum Gasteiger partial charge on any atom is 0.216 e. The minimum atomic E-state index is -0.168. The number of methoxy groups -OCH3 is 1. The fourth-order valence-corrected chi connectivity index (χ4v) is 3.78. The van der Waals surface area contributed by atoms with Gasteiger partial charge in [0.25, 0.3) is 0 Å². The van der Waals surface area contributed by atoms with E-state index in [-0.39, 0.29) is 17.7 Å². The number of aryl methyl sites for hydroxylation is 1. The number of aliphatic hydroxyl groups is 1. The number of benzene rings is 2. The number of allylic oxidation sites excluding steroid dienone is 1. The second-order valence-corrected chi connectivity index (χ2v) is 7.17. The lowest BCUT2D eigenvalue weighted by Crippen LogP contribution is -2.46. The minimum Gasteiger partial charge on any atom is -0.506 e. The molecule has 0 aliphatic heterocycles. The molecule has 0 saturated carbocycles. The van der Waals surface area contributed by atoms with Gasteiger partial charge >= 0.3 is 0 Å². The topological polar surface area (TPSA) is 33.3 Å². The first-order valence-corrected chi connectivity index (χ1v) is 9.39. The van der Waals surface area contributed by atoms with Gasteiger partial charge in [-0.3, -0.25) is 0 Å². The molecule has 3 nitrogen and oxygen atoms in total. The van der Waals surface area contributed by atoms with E-state index < -0.39 is 0 Å². The van der Waals surface area contributed by atoms with Crippen LogP contribution in [0.4, 0.5) is 0 Å². The van der Waals surface area contributed by atoms with Crippen LogP contribution in [0.3, 0.4) is 0 Å². The summed E-state index contributed by atoms with van der Waals surface area (Å²) in [6.45, 7) is 8.72. The van der Waals surface area contributed by atoms with Crippen LogP contribution in [-0.2, 0) is 4.74 Å². The Labute approximate surface area is 161 Å². The zero-order chi connectivity index (χ0) is 19.4. The average molecular weight is 362 g/mol. The number of rotatable bonds is 7. The van der Waals surface area contributed by atoms with E-state index in [0.717, 1.165) is 12.1 Å². The predicted octanol–water partition coefficient (Wildman–Crippen LogP) is 5.39. The minimum absolute atomic E-state index is 0.168. The maximum atomic E-state index is 10.3. The van der Waals surface area contributed by atoms with Gasteiger partial charge in [-0.1, -0.05) is 49.9 Å². The summed E-state index contributed by atoms with van der Waals surface area (Å²) in [4.78, 5) is 0. The molecule has 140 valence electrons. The van der Waals surface area contributed by atoms with Crippen LogP contribution < -0.4 is 4.57 Å². The normalized spacial score (nSPS) is 13.4. The summed E-state index contributed by atoms with van der Waals surface area (Å²) in [5.74, 6) is 0.402. The molecular formula is C24H28NO2+. The lowest BCUT2D eigenvalue weighted by atomic mass is 9.95. The predicted molar refractivity (Wildman–Crippen MR) is 111 cm³/mol. The van der Waals surface area contributed by atoms with Crippen LogP contribution in [0.2, 0.25) is 0 Å². The molecule has 1 N–H and O–H groups in total. The van der Waals surface area contributed by atoms with Gasteiger partial charge in [0.15, 0.2) is 17.6 Å². The first-order valence-electron chi connectivity index (χ1n) is 9.39. The van der Waals surface area contributed by atoms with Crippen LogP contribution in [0, 0.1) is 12.8 Å². The van der Waals surface area contributed by atoms with E-state index in [1.165, 1.54) is 21.9 Å². The lowest BCUT2D eigenvalue weighted by Gasteiger charge is -2.20. The van der Waals surface area contributed by atoms with Gasteiger partial charge in [0.2, 0.25) is 6.04 Å². The van der Waals surface area contributed by atoms with E-state index in [2.05, 4.69) is 79.7 Å².